The van der Waals surface area contributed by atoms with Crippen molar-refractivity contribution in [3.63, 3.8) is 0 Å². The summed E-state index contributed by atoms with van der Waals surface area (Å²) in [6.45, 7) is -3.67. The lowest BCUT2D eigenvalue weighted by molar-refractivity contribution is 0.00818. The Morgan fingerprint density at radius 3 is 1.77 bits per heavy atom. The molecule has 0 spiro atoms. The Balaban J connectivity index is 0.000000310. The van der Waals surface area contributed by atoms with Crippen molar-refractivity contribution in [2.45, 2.75) is 6.68 Å². The average Bonchev–Trinajstić information content (AvgIpc) is 2.05. The van der Waals surface area contributed by atoms with Crippen molar-refractivity contribution in [3.05, 3.63) is 35.9 Å². The topological polar surface area (TPSA) is 37.3 Å². The maximum atomic E-state index is 10.2. The summed E-state index contributed by atoms with van der Waals surface area (Å²) in [5.74, 6) is -0.879. The molecule has 0 fully saturated rings. The monoisotopic (exact) mass is 192 g/mol. The molecule has 1 aromatic rings. The van der Waals surface area contributed by atoms with Crippen LogP contribution in [0.5, 0.6) is 0 Å². The minimum absolute atomic E-state index is 0.331. The number of benzene rings is 1. The minimum atomic E-state index is -3.67. The van der Waals surface area contributed by atoms with E-state index in [0.717, 1.165) is 0 Å². The Bertz CT molecular complexity index is 246. The van der Waals surface area contributed by atoms with Gasteiger partial charge in [0, 0.05) is 0 Å². The number of carboxylic acids is 1. The van der Waals surface area contributed by atoms with Crippen molar-refractivity contribution in [1.82, 2.24) is 0 Å². The number of hydrogen-bond donors (Lipinski definition) is 1. The molecule has 1 N–H and O–H groups in total. The van der Waals surface area contributed by atoms with Gasteiger partial charge in [-0.1, -0.05) is 18.2 Å². The van der Waals surface area contributed by atoms with Gasteiger partial charge in [-0.2, -0.15) is 13.2 Å². The fraction of sp³-hybridized carbons (Fsp3) is 0.125. The van der Waals surface area contributed by atoms with Gasteiger partial charge in [-0.25, -0.2) is 4.79 Å². The average molecular weight is 192 g/mol. The molecular formula is C8H7F3O2. The molecule has 0 aliphatic carbocycles. The van der Waals surface area contributed by atoms with Crippen LogP contribution in [-0.2, 0) is 0 Å². The quantitative estimate of drug-likeness (QED) is 0.742. The Morgan fingerprint density at radius 2 is 1.54 bits per heavy atom. The third kappa shape index (κ3) is 6.86. The van der Waals surface area contributed by atoms with Crippen LogP contribution >= 0.6 is 0 Å². The summed E-state index contributed by atoms with van der Waals surface area (Å²) >= 11 is 0. The molecule has 1 rings (SSSR count). The predicted octanol–water partition coefficient (Wildman–Crippen LogP) is 2.56. The van der Waals surface area contributed by atoms with Crippen LogP contribution in [0.4, 0.5) is 13.2 Å². The summed E-state index contributed by atoms with van der Waals surface area (Å²) in [5.41, 5.74) is 0.331. The van der Waals surface area contributed by atoms with E-state index in [-0.39, 0.29) is 0 Å². The van der Waals surface area contributed by atoms with E-state index in [1.54, 1.807) is 30.3 Å². The Hall–Kier alpha value is -1.52. The summed E-state index contributed by atoms with van der Waals surface area (Å²) in [6.07, 6.45) is 0. The van der Waals surface area contributed by atoms with Crippen LogP contribution in [0.1, 0.15) is 10.4 Å². The van der Waals surface area contributed by atoms with Gasteiger partial charge < -0.3 is 5.11 Å². The molecule has 0 saturated carbocycles. The largest absolute Gasteiger partial charge is 0.478 e. The first-order chi connectivity index (χ1) is 6.04. The SMILES string of the molecule is FC(F)F.O=C(O)c1ccccc1. The van der Waals surface area contributed by atoms with E-state index in [4.69, 9.17) is 5.11 Å². The van der Waals surface area contributed by atoms with Crippen molar-refractivity contribution in [1.29, 1.82) is 0 Å². The third-order valence-electron chi connectivity index (χ3n) is 1.02. The Morgan fingerprint density at radius 1 is 1.15 bits per heavy atom. The summed E-state index contributed by atoms with van der Waals surface area (Å²) in [6, 6.07) is 8.30. The molecule has 0 unspecified atom stereocenters. The lowest BCUT2D eigenvalue weighted by Crippen LogP contribution is -1.93. The third-order valence-corrected chi connectivity index (χ3v) is 1.02. The normalized spacial score (nSPS) is 8.92. The van der Waals surface area contributed by atoms with Crippen LogP contribution in [0, 0.1) is 0 Å². The molecule has 0 aliphatic rings. The Kier molecular flexibility index (Phi) is 5.34. The molecule has 0 heterocycles. The van der Waals surface area contributed by atoms with Crippen LogP contribution in [0.25, 0.3) is 0 Å². The lowest BCUT2D eigenvalue weighted by Gasteiger charge is -1.88. The van der Waals surface area contributed by atoms with Crippen molar-refractivity contribution in [2.24, 2.45) is 0 Å². The van der Waals surface area contributed by atoms with Crippen molar-refractivity contribution in [2.75, 3.05) is 0 Å². The summed E-state index contributed by atoms with van der Waals surface area (Å²) in [4.78, 5) is 10.2. The zero-order valence-electron chi connectivity index (χ0n) is 6.45. The molecule has 2 nitrogen and oxygen atoms in total. The first-order valence-corrected chi connectivity index (χ1v) is 3.24. The maximum absolute atomic E-state index is 10.2. The highest BCUT2D eigenvalue weighted by Crippen LogP contribution is 1.96. The fourth-order valence-corrected chi connectivity index (χ4v) is 0.581. The highest BCUT2D eigenvalue weighted by molar-refractivity contribution is 5.87. The van der Waals surface area contributed by atoms with Gasteiger partial charge >= 0.3 is 12.6 Å². The zero-order chi connectivity index (χ0) is 10.3. The van der Waals surface area contributed by atoms with E-state index in [2.05, 4.69) is 0 Å². The first-order valence-electron chi connectivity index (χ1n) is 3.24. The summed E-state index contributed by atoms with van der Waals surface area (Å²) < 4.78 is 29.0. The Labute approximate surface area is 72.6 Å². The van der Waals surface area contributed by atoms with Gasteiger partial charge in [0.2, 0.25) is 0 Å². The number of rotatable bonds is 1. The van der Waals surface area contributed by atoms with Crippen LogP contribution in [-0.4, -0.2) is 17.8 Å². The predicted molar refractivity (Wildman–Crippen MR) is 40.5 cm³/mol. The van der Waals surface area contributed by atoms with Gasteiger partial charge in [-0.3, -0.25) is 0 Å². The fourth-order valence-electron chi connectivity index (χ4n) is 0.581. The number of hydrogen-bond acceptors (Lipinski definition) is 1. The van der Waals surface area contributed by atoms with Crippen LogP contribution < -0.4 is 0 Å². The summed E-state index contributed by atoms with van der Waals surface area (Å²) in [5, 5.41) is 8.38. The van der Waals surface area contributed by atoms with Crippen molar-refractivity contribution in [3.8, 4) is 0 Å². The zero-order valence-corrected chi connectivity index (χ0v) is 6.45. The summed E-state index contributed by atoms with van der Waals surface area (Å²) in [7, 11) is 0. The van der Waals surface area contributed by atoms with Crippen LogP contribution in [0.15, 0.2) is 30.3 Å². The molecule has 13 heavy (non-hydrogen) atoms. The number of carboxylic acid groups (broad SMARTS) is 1. The van der Waals surface area contributed by atoms with Gasteiger partial charge in [-0.15, -0.1) is 0 Å². The van der Waals surface area contributed by atoms with E-state index in [9.17, 15) is 18.0 Å². The lowest BCUT2D eigenvalue weighted by atomic mass is 10.2. The molecule has 0 radical (unpaired) electrons. The number of alkyl halides is 3. The second-order valence-corrected chi connectivity index (χ2v) is 1.92. The molecule has 0 amide bonds. The van der Waals surface area contributed by atoms with Crippen LogP contribution in [0.3, 0.4) is 0 Å². The number of aromatic carboxylic acids is 1. The van der Waals surface area contributed by atoms with E-state index in [1.165, 1.54) is 0 Å². The van der Waals surface area contributed by atoms with E-state index >= 15 is 0 Å². The second kappa shape index (κ2) is 6.05. The minimum Gasteiger partial charge on any atom is -0.478 e. The molecule has 0 aliphatic heterocycles. The van der Waals surface area contributed by atoms with Gasteiger partial charge in [-0.05, 0) is 12.1 Å². The van der Waals surface area contributed by atoms with Crippen LogP contribution in [0.2, 0.25) is 0 Å². The highest BCUT2D eigenvalue weighted by atomic mass is 19.4. The molecule has 5 heteroatoms. The molecule has 72 valence electrons. The van der Waals surface area contributed by atoms with Gasteiger partial charge in [0.25, 0.3) is 0 Å². The number of carbonyl (C=O) groups is 1. The van der Waals surface area contributed by atoms with Crippen molar-refractivity contribution < 1.29 is 23.1 Å². The second-order valence-electron chi connectivity index (χ2n) is 1.92. The molecule has 1 aromatic carbocycles. The van der Waals surface area contributed by atoms with E-state index < -0.39 is 12.6 Å². The van der Waals surface area contributed by atoms with Crippen molar-refractivity contribution >= 4 is 5.97 Å². The molecule has 0 bridgehead atoms. The van der Waals surface area contributed by atoms with E-state index in [1.807, 2.05) is 0 Å². The van der Waals surface area contributed by atoms with E-state index in [0.29, 0.717) is 5.56 Å². The van der Waals surface area contributed by atoms with Gasteiger partial charge in [0.1, 0.15) is 0 Å². The molecular weight excluding hydrogens is 185 g/mol. The smallest absolute Gasteiger partial charge is 0.379 e. The van der Waals surface area contributed by atoms with Gasteiger partial charge in [0.15, 0.2) is 0 Å². The highest BCUT2D eigenvalue weighted by Gasteiger charge is 1.96. The standard InChI is InChI=1S/C7H6O2.CHF3/c8-7(9)6-4-2-1-3-5-6;2-1(3)4/h1-5H,(H,8,9);1H. The molecule has 0 atom stereocenters. The molecule has 0 aromatic heterocycles. The molecule has 0 saturated heterocycles. The maximum Gasteiger partial charge on any atom is 0.379 e. The first kappa shape index (κ1) is 11.5. The van der Waals surface area contributed by atoms with Gasteiger partial charge in [0.05, 0.1) is 5.56 Å². The number of halogens is 3.